The molecule has 1 amide bonds. The van der Waals surface area contributed by atoms with Crippen molar-refractivity contribution in [2.24, 2.45) is 5.41 Å². The number of carbonyl (C=O) groups is 1. The van der Waals surface area contributed by atoms with Crippen molar-refractivity contribution in [2.75, 3.05) is 13.7 Å². The van der Waals surface area contributed by atoms with E-state index in [2.05, 4.69) is 34.8 Å². The Balaban J connectivity index is 0.000000325. The van der Waals surface area contributed by atoms with Gasteiger partial charge >= 0.3 is 0 Å². The van der Waals surface area contributed by atoms with E-state index in [0.29, 0.717) is 5.41 Å². The maximum atomic E-state index is 9.96. The summed E-state index contributed by atoms with van der Waals surface area (Å²) in [5.74, 6) is 0. The third-order valence-corrected chi connectivity index (χ3v) is 3.53. The van der Waals surface area contributed by atoms with Gasteiger partial charge in [0, 0.05) is 17.6 Å². The van der Waals surface area contributed by atoms with Crippen LogP contribution in [0, 0.1) is 5.41 Å². The SMILES string of the molecule is CC1(CNC=O)CC(I)C1.COC(C)(C)C. The van der Waals surface area contributed by atoms with Gasteiger partial charge in [-0.15, -0.1) is 0 Å². The quantitative estimate of drug-likeness (QED) is 0.487. The molecule has 0 heterocycles. The lowest BCUT2D eigenvalue weighted by Crippen LogP contribution is -2.42. The summed E-state index contributed by atoms with van der Waals surface area (Å²) in [5, 5.41) is 2.73. The van der Waals surface area contributed by atoms with Gasteiger partial charge in [0.05, 0.1) is 5.60 Å². The van der Waals surface area contributed by atoms with Crippen molar-refractivity contribution in [3.63, 3.8) is 0 Å². The van der Waals surface area contributed by atoms with E-state index in [1.165, 1.54) is 12.8 Å². The molecule has 1 rings (SSSR count). The minimum atomic E-state index is 0.0417. The van der Waals surface area contributed by atoms with E-state index in [0.717, 1.165) is 16.9 Å². The monoisotopic (exact) mass is 341 g/mol. The number of carbonyl (C=O) groups excluding carboxylic acids is 1. The maximum Gasteiger partial charge on any atom is 0.207 e. The molecular weight excluding hydrogens is 317 g/mol. The summed E-state index contributed by atoms with van der Waals surface area (Å²) in [6.45, 7) is 9.13. The van der Waals surface area contributed by atoms with Crippen LogP contribution in [0.1, 0.15) is 40.5 Å². The van der Waals surface area contributed by atoms with Crippen LogP contribution in [-0.4, -0.2) is 29.6 Å². The average Bonchev–Trinajstić information content (AvgIpc) is 2.12. The van der Waals surface area contributed by atoms with Crippen molar-refractivity contribution < 1.29 is 9.53 Å². The van der Waals surface area contributed by atoms with Gasteiger partial charge in [-0.05, 0) is 39.0 Å². The Hall–Kier alpha value is 0.160. The maximum absolute atomic E-state index is 9.96. The van der Waals surface area contributed by atoms with Gasteiger partial charge in [0.15, 0.2) is 0 Å². The van der Waals surface area contributed by atoms with Gasteiger partial charge < -0.3 is 10.1 Å². The second kappa shape index (κ2) is 6.79. The second-order valence-corrected chi connectivity index (χ2v) is 7.39. The molecule has 0 aromatic carbocycles. The van der Waals surface area contributed by atoms with Crippen LogP contribution in [0.5, 0.6) is 0 Å². The summed E-state index contributed by atoms with van der Waals surface area (Å²) in [5.41, 5.74) is 0.437. The highest BCUT2D eigenvalue weighted by molar-refractivity contribution is 14.1. The van der Waals surface area contributed by atoms with Crippen molar-refractivity contribution >= 4 is 29.0 Å². The number of ether oxygens (including phenoxy) is 1. The van der Waals surface area contributed by atoms with Crippen molar-refractivity contribution in [3.8, 4) is 0 Å². The highest BCUT2D eigenvalue weighted by Gasteiger charge is 2.38. The zero-order valence-corrected chi connectivity index (χ0v) is 13.1. The van der Waals surface area contributed by atoms with E-state index in [9.17, 15) is 4.79 Å². The zero-order valence-electron chi connectivity index (χ0n) is 11.0. The molecule has 0 radical (unpaired) electrons. The van der Waals surface area contributed by atoms with E-state index < -0.39 is 0 Å². The van der Waals surface area contributed by atoms with Crippen molar-refractivity contribution in [1.29, 1.82) is 0 Å². The highest BCUT2D eigenvalue weighted by Crippen LogP contribution is 2.44. The number of nitrogens with one attached hydrogen (secondary N) is 1. The molecule has 1 N–H and O–H groups in total. The van der Waals surface area contributed by atoms with E-state index in [1.807, 2.05) is 20.8 Å². The van der Waals surface area contributed by atoms with E-state index in [1.54, 1.807) is 7.11 Å². The Bertz CT molecular complexity index is 208. The van der Waals surface area contributed by atoms with Crippen LogP contribution < -0.4 is 5.32 Å². The molecule has 16 heavy (non-hydrogen) atoms. The van der Waals surface area contributed by atoms with Crippen LogP contribution in [0.3, 0.4) is 0 Å². The number of hydrogen-bond acceptors (Lipinski definition) is 2. The average molecular weight is 341 g/mol. The number of methoxy groups -OCH3 is 1. The number of rotatable bonds is 3. The molecule has 0 atom stereocenters. The Labute approximate surface area is 113 Å². The molecular formula is C12H24INO2. The normalized spacial score (nSPS) is 28.5. The molecule has 0 aromatic heterocycles. The minimum Gasteiger partial charge on any atom is -0.379 e. The molecule has 1 fully saturated rings. The smallest absolute Gasteiger partial charge is 0.207 e. The van der Waals surface area contributed by atoms with E-state index in [4.69, 9.17) is 4.74 Å². The fourth-order valence-corrected chi connectivity index (χ4v) is 3.57. The largest absolute Gasteiger partial charge is 0.379 e. The molecule has 1 saturated carbocycles. The number of halogens is 1. The van der Waals surface area contributed by atoms with Gasteiger partial charge in [-0.25, -0.2) is 0 Å². The Morgan fingerprint density at radius 2 is 1.94 bits per heavy atom. The first-order valence-electron chi connectivity index (χ1n) is 5.59. The molecule has 4 heteroatoms. The van der Waals surface area contributed by atoms with Crippen molar-refractivity contribution in [2.45, 2.75) is 50.1 Å². The third kappa shape index (κ3) is 7.44. The summed E-state index contributed by atoms with van der Waals surface area (Å²) in [6.07, 6.45) is 3.27. The first-order valence-corrected chi connectivity index (χ1v) is 6.83. The minimum absolute atomic E-state index is 0.0417. The highest BCUT2D eigenvalue weighted by atomic mass is 127. The lowest BCUT2D eigenvalue weighted by molar-refractivity contribution is -0.110. The predicted octanol–water partition coefficient (Wildman–Crippen LogP) is 2.77. The summed E-state index contributed by atoms with van der Waals surface area (Å²) >= 11 is 2.45. The van der Waals surface area contributed by atoms with E-state index >= 15 is 0 Å². The Morgan fingerprint density at radius 3 is 2.19 bits per heavy atom. The standard InChI is InChI=1S/C7H12INO.C5H12O/c1-7(4-9-5-10)2-6(8)3-7;1-5(2,3)6-4/h5-6H,2-4H2,1H3,(H,9,10);1-4H3. The molecule has 3 nitrogen and oxygen atoms in total. The molecule has 0 aliphatic heterocycles. The Morgan fingerprint density at radius 1 is 1.50 bits per heavy atom. The van der Waals surface area contributed by atoms with E-state index in [-0.39, 0.29) is 5.60 Å². The predicted molar refractivity (Wildman–Crippen MR) is 76.0 cm³/mol. The van der Waals surface area contributed by atoms with Gasteiger partial charge in [0.1, 0.15) is 0 Å². The van der Waals surface area contributed by atoms with Gasteiger partial charge in [-0.1, -0.05) is 29.5 Å². The number of hydrogen-bond donors (Lipinski definition) is 1. The topological polar surface area (TPSA) is 38.3 Å². The van der Waals surface area contributed by atoms with Crippen LogP contribution in [0.4, 0.5) is 0 Å². The molecule has 0 saturated heterocycles. The van der Waals surface area contributed by atoms with Crippen LogP contribution in [0.15, 0.2) is 0 Å². The summed E-state index contributed by atoms with van der Waals surface area (Å²) in [7, 11) is 1.71. The first-order chi connectivity index (χ1) is 7.22. The van der Waals surface area contributed by atoms with Gasteiger partial charge in [0.2, 0.25) is 6.41 Å². The molecule has 0 aromatic rings. The zero-order chi connectivity index (χ0) is 12.8. The molecule has 1 aliphatic carbocycles. The molecule has 0 unspecified atom stereocenters. The summed E-state index contributed by atoms with van der Waals surface area (Å²) in [4.78, 5) is 9.96. The van der Waals surface area contributed by atoms with Gasteiger partial charge in [0.25, 0.3) is 0 Å². The fourth-order valence-electron chi connectivity index (χ4n) is 1.44. The molecule has 0 spiro atoms. The van der Waals surface area contributed by atoms with Crippen molar-refractivity contribution in [1.82, 2.24) is 5.32 Å². The van der Waals surface area contributed by atoms with Crippen LogP contribution in [0.2, 0.25) is 0 Å². The Kier molecular flexibility index (Phi) is 6.86. The van der Waals surface area contributed by atoms with Crippen LogP contribution in [0.25, 0.3) is 0 Å². The molecule has 1 aliphatic rings. The van der Waals surface area contributed by atoms with Crippen LogP contribution in [-0.2, 0) is 9.53 Å². The number of alkyl halides is 1. The molecule has 0 bridgehead atoms. The third-order valence-electron chi connectivity index (χ3n) is 2.65. The lowest BCUT2D eigenvalue weighted by atomic mass is 9.70. The van der Waals surface area contributed by atoms with Crippen LogP contribution >= 0.6 is 22.6 Å². The summed E-state index contributed by atoms with van der Waals surface area (Å²) in [6, 6.07) is 0. The molecule has 96 valence electrons. The van der Waals surface area contributed by atoms with Crippen molar-refractivity contribution in [3.05, 3.63) is 0 Å². The summed E-state index contributed by atoms with van der Waals surface area (Å²) < 4.78 is 5.77. The first kappa shape index (κ1) is 16.2. The lowest BCUT2D eigenvalue weighted by Gasteiger charge is -2.42. The second-order valence-electron chi connectivity index (χ2n) is 5.63. The van der Waals surface area contributed by atoms with Gasteiger partial charge in [-0.3, -0.25) is 4.79 Å². The number of amides is 1. The van der Waals surface area contributed by atoms with Gasteiger partial charge in [-0.2, -0.15) is 0 Å². The fraction of sp³-hybridized carbons (Fsp3) is 0.917.